The second-order valence-electron chi connectivity index (χ2n) is 5.86. The first-order valence-corrected chi connectivity index (χ1v) is 9.80. The monoisotopic (exact) mass is 413 g/mol. The number of hydrogen-bond acceptors (Lipinski definition) is 7. The van der Waals surface area contributed by atoms with Crippen molar-refractivity contribution in [2.24, 2.45) is 0 Å². The van der Waals surface area contributed by atoms with Crippen LogP contribution in [0.3, 0.4) is 0 Å². The molecule has 0 N–H and O–H groups in total. The average molecular weight is 413 g/mol. The van der Waals surface area contributed by atoms with Gasteiger partial charge in [-0.25, -0.2) is 21.9 Å². The van der Waals surface area contributed by atoms with Gasteiger partial charge in [0.1, 0.15) is 11.6 Å². The van der Waals surface area contributed by atoms with E-state index in [2.05, 4.69) is 0 Å². The van der Waals surface area contributed by atoms with E-state index in [1.165, 1.54) is 13.2 Å². The first-order valence-electron chi connectivity index (χ1n) is 7.95. The van der Waals surface area contributed by atoms with Crippen molar-refractivity contribution in [3.63, 3.8) is 0 Å². The molecule has 27 heavy (non-hydrogen) atoms. The van der Waals surface area contributed by atoms with Crippen molar-refractivity contribution in [1.29, 1.82) is 0 Å². The first-order chi connectivity index (χ1) is 12.7. The van der Waals surface area contributed by atoms with Crippen LogP contribution in [-0.2, 0) is 29.9 Å². The number of benzene rings is 1. The van der Waals surface area contributed by atoms with E-state index in [0.29, 0.717) is 4.31 Å². The number of carbonyl (C=O) groups is 1. The van der Waals surface area contributed by atoms with Gasteiger partial charge in [0.2, 0.25) is 0 Å². The molecule has 1 saturated heterocycles. The van der Waals surface area contributed by atoms with Crippen LogP contribution in [0.15, 0.2) is 52.0 Å². The van der Waals surface area contributed by atoms with E-state index >= 15 is 0 Å². The zero-order valence-electron chi connectivity index (χ0n) is 14.4. The number of ether oxygens (including phenoxy) is 2. The maximum atomic E-state index is 13.2. The molecule has 1 aliphatic heterocycles. The van der Waals surface area contributed by atoms with Gasteiger partial charge in [-0.05, 0) is 62.5 Å². The van der Waals surface area contributed by atoms with Gasteiger partial charge in [-0.15, -0.1) is 0 Å². The molecule has 2 heterocycles. The Morgan fingerprint density at radius 2 is 2.00 bits per heavy atom. The summed E-state index contributed by atoms with van der Waals surface area (Å²) >= 11 is 5.12. The number of hydrogen-bond donors (Lipinski definition) is 0. The molecule has 1 aromatic heterocycles. The Balaban J connectivity index is 2.13. The highest BCUT2D eigenvalue weighted by Gasteiger charge is 2.60. The molecule has 0 aliphatic carbocycles. The molecule has 0 amide bonds. The van der Waals surface area contributed by atoms with E-state index in [9.17, 15) is 17.6 Å². The van der Waals surface area contributed by atoms with Crippen LogP contribution in [0.1, 0.15) is 19.6 Å². The molecule has 10 heteroatoms. The molecule has 1 fully saturated rings. The first kappa shape index (κ1) is 19.3. The summed E-state index contributed by atoms with van der Waals surface area (Å²) in [6.07, 6.45) is 1.37. The summed E-state index contributed by atoms with van der Waals surface area (Å²) in [7, 11) is -4.32. The summed E-state index contributed by atoms with van der Waals surface area (Å²) in [5.41, 5.74) is -1.53. The summed E-state index contributed by atoms with van der Waals surface area (Å²) in [6.45, 7) is 3.11. The topological polar surface area (TPSA) is 86.0 Å². The van der Waals surface area contributed by atoms with Crippen molar-refractivity contribution in [2.75, 3.05) is 6.61 Å². The Labute approximate surface area is 160 Å². The van der Waals surface area contributed by atoms with Crippen LogP contribution in [0.5, 0.6) is 0 Å². The van der Waals surface area contributed by atoms with E-state index in [0.717, 1.165) is 24.3 Å². The molecular weight excluding hydrogens is 397 g/mol. The number of halogens is 1. The van der Waals surface area contributed by atoms with Crippen LogP contribution in [-0.4, -0.2) is 36.5 Å². The second-order valence-corrected chi connectivity index (χ2v) is 8.03. The molecule has 0 unspecified atom stereocenters. The number of nitrogens with zero attached hydrogens (tertiary/aromatic N) is 1. The minimum atomic E-state index is -4.32. The van der Waals surface area contributed by atoms with Crippen LogP contribution in [0.25, 0.3) is 0 Å². The van der Waals surface area contributed by atoms with Gasteiger partial charge in [-0.2, -0.15) is 0 Å². The summed E-state index contributed by atoms with van der Waals surface area (Å²) in [5.74, 6) is -1.24. The molecule has 144 valence electrons. The highest BCUT2D eigenvalue weighted by atomic mass is 32.2. The lowest BCUT2D eigenvalue weighted by Gasteiger charge is -2.28. The minimum absolute atomic E-state index is 0.0285. The fraction of sp³-hybridized carbons (Fsp3) is 0.294. The predicted molar refractivity (Wildman–Crippen MR) is 95.6 cm³/mol. The number of carbonyl (C=O) groups excluding carboxylic acids is 1. The lowest BCUT2D eigenvalue weighted by atomic mass is 9.94. The Hall–Kier alpha value is -2.46. The van der Waals surface area contributed by atoms with Crippen LogP contribution in [0.2, 0.25) is 0 Å². The molecular formula is C17H16FNO6S2. The smallest absolute Gasteiger partial charge is 0.334 e. The molecule has 7 nitrogen and oxygen atoms in total. The van der Waals surface area contributed by atoms with Crippen molar-refractivity contribution in [1.82, 2.24) is 4.31 Å². The van der Waals surface area contributed by atoms with E-state index in [1.54, 1.807) is 19.1 Å². The van der Waals surface area contributed by atoms with Gasteiger partial charge in [0, 0.05) is 0 Å². The molecule has 0 radical (unpaired) electrons. The third-order valence-electron chi connectivity index (χ3n) is 4.13. The van der Waals surface area contributed by atoms with Crippen LogP contribution >= 0.6 is 12.2 Å². The Bertz CT molecular complexity index is 958. The molecule has 0 bridgehead atoms. The highest BCUT2D eigenvalue weighted by Crippen LogP contribution is 2.42. The largest absolute Gasteiger partial charge is 0.465 e. The van der Waals surface area contributed by atoms with Crippen molar-refractivity contribution in [3.05, 3.63) is 54.2 Å². The minimum Gasteiger partial charge on any atom is -0.465 e. The summed E-state index contributed by atoms with van der Waals surface area (Å²) in [4.78, 5) is 12.4. The zero-order chi connectivity index (χ0) is 19.8. The number of thiocarbonyl (C=S) groups is 1. The highest BCUT2D eigenvalue weighted by molar-refractivity contribution is 7.91. The van der Waals surface area contributed by atoms with Gasteiger partial charge >= 0.3 is 5.97 Å². The number of rotatable bonds is 5. The second kappa shape index (κ2) is 6.93. The molecule has 1 aliphatic rings. The van der Waals surface area contributed by atoms with E-state index in [-0.39, 0.29) is 17.3 Å². The van der Waals surface area contributed by atoms with Crippen molar-refractivity contribution >= 4 is 33.4 Å². The maximum absolute atomic E-state index is 13.2. The van der Waals surface area contributed by atoms with Crippen molar-refractivity contribution in [3.8, 4) is 0 Å². The fourth-order valence-electron chi connectivity index (χ4n) is 2.86. The lowest BCUT2D eigenvalue weighted by molar-refractivity contribution is -0.151. The van der Waals surface area contributed by atoms with Crippen molar-refractivity contribution in [2.45, 2.75) is 30.4 Å². The Kier molecular flexibility index (Phi) is 4.96. The van der Waals surface area contributed by atoms with Crippen molar-refractivity contribution < 1.29 is 31.5 Å². The van der Waals surface area contributed by atoms with Gasteiger partial charge in [0.25, 0.3) is 15.2 Å². The Morgan fingerprint density at radius 3 is 2.56 bits per heavy atom. The molecule has 1 aromatic carbocycles. The predicted octanol–water partition coefficient (Wildman–Crippen LogP) is 2.57. The normalized spacial score (nSPS) is 22.6. The van der Waals surface area contributed by atoms with Crippen LogP contribution in [0.4, 0.5) is 4.39 Å². The number of esters is 1. The molecule has 2 aromatic rings. The van der Waals surface area contributed by atoms with E-state index in [1.807, 2.05) is 0 Å². The Morgan fingerprint density at radius 1 is 1.33 bits per heavy atom. The third kappa shape index (κ3) is 3.19. The average Bonchev–Trinajstić information content (AvgIpc) is 3.22. The van der Waals surface area contributed by atoms with E-state index in [4.69, 9.17) is 26.1 Å². The van der Waals surface area contributed by atoms with Gasteiger partial charge < -0.3 is 13.9 Å². The lowest BCUT2D eigenvalue weighted by Crippen LogP contribution is -2.50. The molecule has 0 spiro atoms. The quantitative estimate of drug-likeness (QED) is 0.550. The summed E-state index contributed by atoms with van der Waals surface area (Å²) in [5, 5.41) is -0.434. The van der Waals surface area contributed by atoms with Gasteiger partial charge in [-0.1, -0.05) is 0 Å². The van der Waals surface area contributed by atoms with Gasteiger partial charge in [-0.3, -0.25) is 0 Å². The fourth-order valence-corrected chi connectivity index (χ4v) is 4.93. The standard InChI is InChI=1S/C17H16FNO6S2/c1-3-23-15(20)14-17(2,13-5-4-10-24-13)25-16(26)19(14)27(21,22)12-8-6-11(18)7-9-12/h4-10,14H,3H2,1-2H3/t14-,17-/m0/s1. The number of furan rings is 1. The van der Waals surface area contributed by atoms with E-state index < -0.39 is 38.6 Å². The molecule has 3 rings (SSSR count). The third-order valence-corrected chi connectivity index (χ3v) is 6.28. The summed E-state index contributed by atoms with van der Waals surface area (Å²) < 4.78 is 56.2. The zero-order valence-corrected chi connectivity index (χ0v) is 16.1. The van der Waals surface area contributed by atoms with Gasteiger partial charge in [0.05, 0.1) is 17.8 Å². The summed E-state index contributed by atoms with van der Waals surface area (Å²) in [6, 6.07) is 5.83. The molecule has 0 saturated carbocycles. The SMILES string of the molecule is CCOC(=O)[C@@H]1N(S(=O)(=O)c2ccc(F)cc2)C(=S)O[C@@]1(C)c1ccco1. The number of sulfonamides is 1. The van der Waals surface area contributed by atoms with Crippen LogP contribution in [0, 0.1) is 5.82 Å². The van der Waals surface area contributed by atoms with Crippen LogP contribution < -0.4 is 0 Å². The van der Waals surface area contributed by atoms with Gasteiger partial charge in [0.15, 0.2) is 11.6 Å². The maximum Gasteiger partial charge on any atom is 0.334 e. The molecule has 2 atom stereocenters.